The summed E-state index contributed by atoms with van der Waals surface area (Å²) in [6.45, 7) is 5.72. The Kier molecular flexibility index (Phi) is 2.39. The van der Waals surface area contributed by atoms with Crippen molar-refractivity contribution in [3.63, 3.8) is 0 Å². The van der Waals surface area contributed by atoms with Crippen LogP contribution in [0.1, 0.15) is 46.0 Å². The highest BCUT2D eigenvalue weighted by atomic mass is 14.7. The molecule has 0 heterocycles. The number of nitrogens with two attached hydrogens (primary N) is 1. The summed E-state index contributed by atoms with van der Waals surface area (Å²) in [7, 11) is 0. The van der Waals surface area contributed by atoms with Gasteiger partial charge < -0.3 is 5.73 Å². The molecule has 0 aromatic heterocycles. The highest BCUT2D eigenvalue weighted by Crippen LogP contribution is 2.63. The second-order valence-corrected chi connectivity index (χ2v) is 5.59. The van der Waals surface area contributed by atoms with Crippen LogP contribution in [0.15, 0.2) is 0 Å². The minimum Gasteiger partial charge on any atom is -0.330 e. The van der Waals surface area contributed by atoms with E-state index in [9.17, 15) is 0 Å². The van der Waals surface area contributed by atoms with Gasteiger partial charge in [0.1, 0.15) is 0 Å². The number of hydrogen-bond donors (Lipinski definition) is 1. The Balaban J connectivity index is 1.94. The minimum atomic E-state index is 0.566. The molecule has 0 aromatic rings. The molecule has 2 aliphatic rings. The lowest BCUT2D eigenvalue weighted by Gasteiger charge is -2.22. The third-order valence-electron chi connectivity index (χ3n) is 4.55. The van der Waals surface area contributed by atoms with Crippen molar-refractivity contribution in [2.75, 3.05) is 6.54 Å². The number of rotatable bonds is 2. The molecule has 0 bridgehead atoms. The Morgan fingerprint density at radius 2 is 1.77 bits per heavy atom. The molecule has 0 radical (unpaired) electrons. The zero-order valence-corrected chi connectivity index (χ0v) is 9.05. The summed E-state index contributed by atoms with van der Waals surface area (Å²) in [4.78, 5) is 0. The summed E-state index contributed by atoms with van der Waals surface area (Å²) in [5.74, 6) is 2.80. The van der Waals surface area contributed by atoms with E-state index in [-0.39, 0.29) is 0 Å². The molecule has 2 N–H and O–H groups in total. The van der Waals surface area contributed by atoms with Crippen LogP contribution in [0.2, 0.25) is 0 Å². The van der Waals surface area contributed by atoms with Crippen LogP contribution in [0.3, 0.4) is 0 Å². The van der Waals surface area contributed by atoms with E-state index in [0.29, 0.717) is 5.41 Å². The van der Waals surface area contributed by atoms with Crippen molar-refractivity contribution in [1.82, 2.24) is 0 Å². The van der Waals surface area contributed by atoms with Gasteiger partial charge in [0.15, 0.2) is 0 Å². The Morgan fingerprint density at radius 3 is 2.23 bits per heavy atom. The maximum absolute atomic E-state index is 5.81. The van der Waals surface area contributed by atoms with Gasteiger partial charge in [-0.25, -0.2) is 0 Å². The van der Waals surface area contributed by atoms with E-state index < -0.39 is 0 Å². The number of hydrogen-bond acceptors (Lipinski definition) is 1. The summed E-state index contributed by atoms with van der Waals surface area (Å²) >= 11 is 0. The summed E-state index contributed by atoms with van der Waals surface area (Å²) in [5, 5.41) is 0. The van der Waals surface area contributed by atoms with E-state index in [1.165, 1.54) is 32.1 Å². The van der Waals surface area contributed by atoms with Gasteiger partial charge >= 0.3 is 0 Å². The molecular formula is C12H23N. The van der Waals surface area contributed by atoms with Crippen molar-refractivity contribution < 1.29 is 0 Å². The molecule has 76 valence electrons. The molecule has 0 saturated heterocycles. The van der Waals surface area contributed by atoms with Gasteiger partial charge in [-0.05, 0) is 29.7 Å². The molecule has 2 fully saturated rings. The second-order valence-electron chi connectivity index (χ2n) is 5.59. The lowest BCUT2D eigenvalue weighted by Crippen LogP contribution is -2.12. The van der Waals surface area contributed by atoms with Crippen LogP contribution in [0.5, 0.6) is 0 Å². The van der Waals surface area contributed by atoms with Gasteiger partial charge in [0.2, 0.25) is 0 Å². The van der Waals surface area contributed by atoms with Crippen LogP contribution in [-0.4, -0.2) is 6.54 Å². The fraction of sp³-hybridized carbons (Fsp3) is 1.00. The molecule has 2 saturated carbocycles. The van der Waals surface area contributed by atoms with E-state index in [0.717, 1.165) is 24.3 Å². The third kappa shape index (κ3) is 1.52. The Labute approximate surface area is 82.1 Å². The van der Waals surface area contributed by atoms with Gasteiger partial charge in [-0.2, -0.15) is 0 Å². The molecular weight excluding hydrogens is 158 g/mol. The first-order valence-corrected chi connectivity index (χ1v) is 5.88. The van der Waals surface area contributed by atoms with Crippen LogP contribution in [0.4, 0.5) is 0 Å². The van der Waals surface area contributed by atoms with Gasteiger partial charge in [-0.3, -0.25) is 0 Å². The van der Waals surface area contributed by atoms with Crippen molar-refractivity contribution >= 4 is 0 Å². The lowest BCUT2D eigenvalue weighted by molar-refractivity contribution is 0.288. The largest absolute Gasteiger partial charge is 0.330 e. The molecule has 2 rings (SSSR count). The van der Waals surface area contributed by atoms with Crippen LogP contribution in [-0.2, 0) is 0 Å². The van der Waals surface area contributed by atoms with E-state index >= 15 is 0 Å². The first-order valence-electron chi connectivity index (χ1n) is 5.88. The molecule has 2 atom stereocenters. The minimum absolute atomic E-state index is 0.566. The van der Waals surface area contributed by atoms with Gasteiger partial charge in [0, 0.05) is 0 Å². The molecule has 1 nitrogen and oxygen atoms in total. The molecule has 2 aliphatic carbocycles. The average molecular weight is 181 g/mol. The van der Waals surface area contributed by atoms with Crippen molar-refractivity contribution in [3.8, 4) is 0 Å². The van der Waals surface area contributed by atoms with Crippen molar-refractivity contribution in [3.05, 3.63) is 0 Å². The molecule has 0 amide bonds. The third-order valence-corrected chi connectivity index (χ3v) is 4.55. The van der Waals surface area contributed by atoms with E-state index in [2.05, 4.69) is 13.8 Å². The second kappa shape index (κ2) is 3.27. The monoisotopic (exact) mass is 181 g/mol. The first kappa shape index (κ1) is 9.51. The van der Waals surface area contributed by atoms with Crippen molar-refractivity contribution in [2.24, 2.45) is 28.9 Å². The molecule has 1 heteroatoms. The zero-order valence-electron chi connectivity index (χ0n) is 9.05. The van der Waals surface area contributed by atoms with E-state index in [4.69, 9.17) is 5.73 Å². The normalized spacial score (nSPS) is 39.0. The maximum atomic E-state index is 5.81. The zero-order chi connectivity index (χ0) is 9.47. The highest BCUT2D eigenvalue weighted by molar-refractivity contribution is 5.08. The predicted molar refractivity (Wildman–Crippen MR) is 56.4 cm³/mol. The predicted octanol–water partition coefficient (Wildman–Crippen LogP) is 2.80. The standard InChI is InChI=1S/C12H23N/c1-12(2)10(8-13)11(12)9-6-4-3-5-7-9/h9-11H,3-8,13H2,1-2H3/t10-,11-/m0/s1. The lowest BCUT2D eigenvalue weighted by atomic mass is 9.83. The quantitative estimate of drug-likeness (QED) is 0.696. The van der Waals surface area contributed by atoms with Crippen LogP contribution in [0, 0.1) is 23.2 Å². The molecule has 0 aliphatic heterocycles. The van der Waals surface area contributed by atoms with Crippen molar-refractivity contribution in [2.45, 2.75) is 46.0 Å². The fourth-order valence-corrected chi connectivity index (χ4v) is 3.67. The Morgan fingerprint density at radius 1 is 1.15 bits per heavy atom. The first-order chi connectivity index (χ1) is 6.18. The fourth-order valence-electron chi connectivity index (χ4n) is 3.67. The smallest absolute Gasteiger partial charge is 0.00407 e. The van der Waals surface area contributed by atoms with Crippen LogP contribution < -0.4 is 5.73 Å². The molecule has 13 heavy (non-hydrogen) atoms. The summed E-state index contributed by atoms with van der Waals surface area (Å²) < 4.78 is 0. The van der Waals surface area contributed by atoms with Gasteiger partial charge in [-0.1, -0.05) is 46.0 Å². The van der Waals surface area contributed by atoms with Gasteiger partial charge in [0.25, 0.3) is 0 Å². The average Bonchev–Trinajstić information content (AvgIpc) is 2.69. The summed E-state index contributed by atoms with van der Waals surface area (Å²) in [5.41, 5.74) is 6.37. The highest BCUT2D eigenvalue weighted by Gasteiger charge is 2.59. The molecule has 0 aromatic carbocycles. The van der Waals surface area contributed by atoms with Crippen LogP contribution in [0.25, 0.3) is 0 Å². The summed E-state index contributed by atoms with van der Waals surface area (Å²) in [6, 6.07) is 0. The SMILES string of the molecule is CC1(C)[C@@H](CN)[C@@H]1C1CCCCC1. The van der Waals surface area contributed by atoms with Gasteiger partial charge in [0.05, 0.1) is 0 Å². The van der Waals surface area contributed by atoms with Gasteiger partial charge in [-0.15, -0.1) is 0 Å². The summed E-state index contributed by atoms with van der Waals surface area (Å²) in [6.07, 6.45) is 7.36. The van der Waals surface area contributed by atoms with Crippen molar-refractivity contribution in [1.29, 1.82) is 0 Å². The topological polar surface area (TPSA) is 26.0 Å². The van der Waals surface area contributed by atoms with E-state index in [1.807, 2.05) is 0 Å². The molecule has 0 spiro atoms. The maximum Gasteiger partial charge on any atom is -0.00407 e. The van der Waals surface area contributed by atoms with Crippen LogP contribution >= 0.6 is 0 Å². The Bertz CT molecular complexity index is 180. The van der Waals surface area contributed by atoms with E-state index in [1.54, 1.807) is 0 Å². The Hall–Kier alpha value is -0.0400. The molecule has 0 unspecified atom stereocenters.